The summed E-state index contributed by atoms with van der Waals surface area (Å²) in [6.45, 7) is 11.5. The highest BCUT2D eigenvalue weighted by molar-refractivity contribution is 8.47. The highest BCUT2D eigenvalue weighted by Crippen LogP contribution is 2.33. The Bertz CT molecular complexity index is 817. The van der Waals surface area contributed by atoms with Gasteiger partial charge in [0.2, 0.25) is 11.4 Å². The Labute approximate surface area is 235 Å². The van der Waals surface area contributed by atoms with Crippen molar-refractivity contribution in [1.82, 2.24) is 5.06 Å². The van der Waals surface area contributed by atoms with Gasteiger partial charge in [-0.25, -0.2) is 11.4 Å². The quantitative estimate of drug-likeness (QED) is 0.0874. The lowest BCUT2D eigenvalue weighted by atomic mass is 9.91. The van der Waals surface area contributed by atoms with Crippen molar-refractivity contribution in [3.63, 3.8) is 0 Å². The van der Waals surface area contributed by atoms with Crippen molar-refractivity contribution in [3.8, 4) is 0 Å². The number of carbonyl (C=O) groups is 4. The number of nitrogens with zero attached hydrogens (tertiary/aromatic N) is 2. The summed E-state index contributed by atoms with van der Waals surface area (Å²) in [5.41, 5.74) is 4.54. The van der Waals surface area contributed by atoms with Crippen molar-refractivity contribution in [2.45, 2.75) is 121 Å². The highest BCUT2D eigenvalue weighted by atomic mass is 32.2. The van der Waals surface area contributed by atoms with Gasteiger partial charge in [0.15, 0.2) is 0 Å². The number of carbonyl (C=O) groups excluding carboxylic acids is 4. The molecule has 1 saturated heterocycles. The first kappa shape index (κ1) is 33.4. The molecule has 37 heavy (non-hydrogen) atoms. The van der Waals surface area contributed by atoms with Crippen LogP contribution in [0.1, 0.15) is 110 Å². The lowest BCUT2D eigenvalue weighted by Crippen LogP contribution is -2.36. The van der Waals surface area contributed by atoms with Crippen molar-refractivity contribution in [1.29, 1.82) is 0 Å². The molecule has 1 heterocycles. The first-order valence-electron chi connectivity index (χ1n) is 13.2. The van der Waals surface area contributed by atoms with E-state index in [-0.39, 0.29) is 32.1 Å². The van der Waals surface area contributed by atoms with E-state index in [4.69, 9.17) is 29.4 Å². The Balaban J connectivity index is 2.34. The van der Waals surface area contributed by atoms with E-state index < -0.39 is 34.5 Å². The van der Waals surface area contributed by atoms with E-state index in [0.29, 0.717) is 8.59 Å². The van der Waals surface area contributed by atoms with Gasteiger partial charge in [0.05, 0.1) is 11.7 Å². The van der Waals surface area contributed by atoms with Crippen LogP contribution in [0.15, 0.2) is 0 Å². The van der Waals surface area contributed by atoms with Crippen LogP contribution in [0.25, 0.3) is 4.85 Å². The number of hydrogen-bond acceptors (Lipinski definition) is 8. The summed E-state index contributed by atoms with van der Waals surface area (Å²) in [7, 11) is 0. The molecule has 0 bridgehead atoms. The molecule has 0 spiro atoms. The van der Waals surface area contributed by atoms with Gasteiger partial charge in [0, 0.05) is 32.6 Å². The van der Waals surface area contributed by atoms with E-state index in [1.807, 2.05) is 0 Å². The van der Waals surface area contributed by atoms with Gasteiger partial charge in [-0.2, -0.15) is 0 Å². The number of rotatable bonds is 19. The molecular weight excluding hydrogens is 531 g/mol. The smallest absolute Gasteiger partial charge is 0.333 e. The first-order valence-corrected chi connectivity index (χ1v) is 15.5. The van der Waals surface area contributed by atoms with Crippen LogP contribution in [0.2, 0.25) is 0 Å². The number of primary amides is 1. The molecule has 0 saturated carbocycles. The number of hydrogen-bond donors (Lipinski definition) is 1. The molecule has 2 unspecified atom stereocenters. The molecule has 2 N–H and O–H groups in total. The van der Waals surface area contributed by atoms with E-state index in [9.17, 15) is 19.2 Å². The van der Waals surface area contributed by atoms with Crippen molar-refractivity contribution >= 4 is 63.0 Å². The average Bonchev–Trinajstić information content (AvgIpc) is 3.17. The maximum Gasteiger partial charge on any atom is 0.333 e. The van der Waals surface area contributed by atoms with Crippen molar-refractivity contribution < 1.29 is 24.0 Å². The minimum absolute atomic E-state index is 0.0144. The topological polar surface area (TPSA) is 111 Å². The van der Waals surface area contributed by atoms with Crippen LogP contribution >= 0.6 is 35.7 Å². The van der Waals surface area contributed by atoms with E-state index in [0.717, 1.165) is 18.6 Å². The zero-order chi connectivity index (χ0) is 27.7. The Morgan fingerprint density at radius 3 is 2.14 bits per heavy atom. The number of imide groups is 1. The van der Waals surface area contributed by atoms with Gasteiger partial charge in [-0.3, -0.25) is 14.4 Å². The standard InChI is InChI=1S/C26H41N3O5S3/c1-4-5-6-7-8-9-10-11-12-13-18-36-25(35)37-20(24(27)33)19-26(2,28-3)17-16-23(32)34-29-21(30)14-15-22(29)31/h20H,4-19H2,1-2H3,(H2,27,33). The molecule has 0 aliphatic carbocycles. The Morgan fingerprint density at radius 2 is 1.62 bits per heavy atom. The van der Waals surface area contributed by atoms with Crippen molar-refractivity contribution in [2.75, 3.05) is 5.75 Å². The minimum atomic E-state index is -1.05. The average molecular weight is 572 g/mol. The molecule has 1 aliphatic rings. The lowest BCUT2D eigenvalue weighted by Gasteiger charge is -2.22. The summed E-state index contributed by atoms with van der Waals surface area (Å²) < 4.78 is 0.623. The molecule has 0 aromatic carbocycles. The van der Waals surface area contributed by atoms with Gasteiger partial charge in [-0.15, -0.1) is 16.8 Å². The summed E-state index contributed by atoms with van der Waals surface area (Å²) in [6, 6.07) is 0. The predicted octanol–water partition coefficient (Wildman–Crippen LogP) is 5.97. The largest absolute Gasteiger partial charge is 0.369 e. The Hall–Kier alpha value is -1.64. The van der Waals surface area contributed by atoms with Crippen LogP contribution in [-0.2, 0) is 24.0 Å². The SMILES string of the molecule is [C-]#[N+]C(C)(CCC(=O)ON1C(=O)CCC1=O)CC(SC(=S)SCCCCCCCCCCCC)C(N)=O. The molecule has 0 radical (unpaired) electrons. The molecule has 1 fully saturated rings. The van der Waals surface area contributed by atoms with Gasteiger partial charge in [-0.1, -0.05) is 88.7 Å². The van der Waals surface area contributed by atoms with Crippen LogP contribution in [0, 0.1) is 6.57 Å². The van der Waals surface area contributed by atoms with E-state index >= 15 is 0 Å². The number of amides is 3. The number of unbranched alkanes of at least 4 members (excludes halogenated alkanes) is 9. The Morgan fingerprint density at radius 1 is 1.08 bits per heavy atom. The number of thioether (sulfide) groups is 2. The number of thiocarbonyl (C=S) groups is 1. The zero-order valence-corrected chi connectivity index (χ0v) is 24.6. The maximum absolute atomic E-state index is 12.1. The molecular formula is C26H41N3O5S3. The molecule has 1 rings (SSSR count). The maximum atomic E-state index is 12.1. The second kappa shape index (κ2) is 18.6. The van der Waals surface area contributed by atoms with Crippen LogP contribution < -0.4 is 5.73 Å². The molecule has 3 amide bonds. The third-order valence-electron chi connectivity index (χ3n) is 6.24. The molecule has 1 aliphatic heterocycles. The van der Waals surface area contributed by atoms with Crippen molar-refractivity contribution in [3.05, 3.63) is 11.4 Å². The predicted molar refractivity (Wildman–Crippen MR) is 154 cm³/mol. The second-order valence-electron chi connectivity index (χ2n) is 9.65. The third-order valence-corrected chi connectivity index (χ3v) is 9.12. The zero-order valence-electron chi connectivity index (χ0n) is 22.1. The summed E-state index contributed by atoms with van der Waals surface area (Å²) in [4.78, 5) is 55.9. The fraction of sp³-hybridized carbons (Fsp3) is 0.769. The van der Waals surface area contributed by atoms with Crippen LogP contribution in [0.5, 0.6) is 0 Å². The van der Waals surface area contributed by atoms with E-state index in [2.05, 4.69) is 11.8 Å². The first-order chi connectivity index (χ1) is 17.6. The van der Waals surface area contributed by atoms with Crippen LogP contribution in [0.3, 0.4) is 0 Å². The summed E-state index contributed by atoms with van der Waals surface area (Å²) in [5.74, 6) is -1.56. The van der Waals surface area contributed by atoms with Gasteiger partial charge >= 0.3 is 5.97 Å². The van der Waals surface area contributed by atoms with Crippen LogP contribution in [-0.4, -0.2) is 48.8 Å². The summed E-state index contributed by atoms with van der Waals surface area (Å²) >= 11 is 8.19. The third kappa shape index (κ3) is 14.2. The molecule has 208 valence electrons. The fourth-order valence-electron chi connectivity index (χ4n) is 3.88. The fourth-order valence-corrected chi connectivity index (χ4v) is 6.65. The molecule has 0 aromatic heterocycles. The van der Waals surface area contributed by atoms with Crippen LogP contribution in [0.4, 0.5) is 0 Å². The Kier molecular flexibility index (Phi) is 16.8. The summed E-state index contributed by atoms with van der Waals surface area (Å²) in [6.07, 6.45) is 12.7. The number of nitrogens with two attached hydrogens (primary N) is 1. The van der Waals surface area contributed by atoms with Gasteiger partial charge < -0.3 is 15.4 Å². The molecule has 11 heteroatoms. The number of hydroxylamine groups is 2. The van der Waals surface area contributed by atoms with E-state index in [1.165, 1.54) is 74.9 Å². The monoisotopic (exact) mass is 571 g/mol. The summed E-state index contributed by atoms with van der Waals surface area (Å²) in [5, 5.41) is -0.200. The van der Waals surface area contributed by atoms with Gasteiger partial charge in [-0.05, 0) is 12.2 Å². The van der Waals surface area contributed by atoms with Gasteiger partial charge in [0.25, 0.3) is 11.8 Å². The molecule has 8 nitrogen and oxygen atoms in total. The van der Waals surface area contributed by atoms with Gasteiger partial charge in [0.1, 0.15) is 3.53 Å². The lowest BCUT2D eigenvalue weighted by molar-refractivity contribution is -0.197. The molecule has 2 atom stereocenters. The minimum Gasteiger partial charge on any atom is -0.369 e. The van der Waals surface area contributed by atoms with Crippen molar-refractivity contribution in [2.24, 2.45) is 5.73 Å². The second-order valence-corrected chi connectivity index (χ2v) is 13.1. The van der Waals surface area contributed by atoms with E-state index in [1.54, 1.807) is 6.92 Å². The molecule has 0 aromatic rings. The highest BCUT2D eigenvalue weighted by Gasteiger charge is 2.39. The normalized spacial score (nSPS) is 15.8.